The van der Waals surface area contributed by atoms with Crippen LogP contribution in [0.3, 0.4) is 0 Å². The number of aliphatic hydroxyl groups is 2. The molecule has 8 nitrogen and oxygen atoms in total. The van der Waals surface area contributed by atoms with Crippen LogP contribution in [0.4, 0.5) is 11.4 Å². The van der Waals surface area contributed by atoms with Crippen LogP contribution in [0.2, 0.25) is 0 Å². The number of aryl methyl sites for hydroxylation is 3. The zero-order chi connectivity index (χ0) is 28.3. The summed E-state index contributed by atoms with van der Waals surface area (Å²) >= 11 is 0. The molecule has 5 rings (SSSR count). The summed E-state index contributed by atoms with van der Waals surface area (Å²) in [4.78, 5) is 6.00. The van der Waals surface area contributed by atoms with E-state index in [0.717, 1.165) is 44.8 Å². The Kier molecular flexibility index (Phi) is 6.28. The Labute approximate surface area is 229 Å². The molecule has 39 heavy (non-hydrogen) atoms. The van der Waals surface area contributed by atoms with E-state index >= 15 is 0 Å². The van der Waals surface area contributed by atoms with Crippen LogP contribution in [0.25, 0.3) is 11.0 Å². The van der Waals surface area contributed by atoms with Gasteiger partial charge in [-0.3, -0.25) is 9.91 Å². The van der Waals surface area contributed by atoms with E-state index < -0.39 is 11.4 Å². The maximum Gasteiger partial charge on any atom is 0.247 e. The summed E-state index contributed by atoms with van der Waals surface area (Å²) in [7, 11) is 1.94. The van der Waals surface area contributed by atoms with E-state index in [-0.39, 0.29) is 6.54 Å². The zero-order valence-electron chi connectivity index (χ0n) is 23.4. The van der Waals surface area contributed by atoms with Gasteiger partial charge in [0.15, 0.2) is 0 Å². The first-order valence-electron chi connectivity index (χ1n) is 13.0. The Hall–Kier alpha value is -4.14. The number of nitrogen functional groups attached to an aromatic ring is 1. The minimum Gasteiger partial charge on any atom is -0.399 e. The van der Waals surface area contributed by atoms with Crippen LogP contribution in [-0.4, -0.2) is 42.9 Å². The lowest BCUT2D eigenvalue weighted by molar-refractivity contribution is -0.140. The number of nitrogens with two attached hydrogens (primary N) is 1. The third kappa shape index (κ3) is 4.66. The molecule has 0 atom stereocenters. The molecule has 0 saturated carbocycles. The van der Waals surface area contributed by atoms with Crippen molar-refractivity contribution in [3.05, 3.63) is 101 Å². The number of rotatable bonds is 6. The largest absolute Gasteiger partial charge is 0.399 e. The average molecular weight is 525 g/mol. The van der Waals surface area contributed by atoms with E-state index in [2.05, 4.69) is 50.5 Å². The Morgan fingerprint density at radius 3 is 2.51 bits per heavy atom. The molecule has 1 aromatic heterocycles. The van der Waals surface area contributed by atoms with E-state index in [0.29, 0.717) is 17.1 Å². The molecule has 1 aliphatic rings. The molecule has 0 unspecified atom stereocenters. The van der Waals surface area contributed by atoms with Gasteiger partial charge < -0.3 is 20.5 Å². The minimum atomic E-state index is -2.20. The first-order chi connectivity index (χ1) is 18.3. The van der Waals surface area contributed by atoms with Crippen molar-refractivity contribution in [2.45, 2.75) is 46.1 Å². The van der Waals surface area contributed by atoms with Gasteiger partial charge in [0.25, 0.3) is 0 Å². The van der Waals surface area contributed by atoms with Crippen molar-refractivity contribution in [3.8, 4) is 0 Å². The van der Waals surface area contributed by atoms with Gasteiger partial charge in [0.1, 0.15) is 5.82 Å². The van der Waals surface area contributed by atoms with E-state index in [1.807, 2.05) is 66.0 Å². The van der Waals surface area contributed by atoms with E-state index in [9.17, 15) is 10.2 Å². The van der Waals surface area contributed by atoms with Crippen LogP contribution in [0, 0.1) is 13.8 Å². The summed E-state index contributed by atoms with van der Waals surface area (Å²) in [5.41, 5.74) is 14.1. The summed E-state index contributed by atoms with van der Waals surface area (Å²) in [5, 5.41) is 28.9. The number of anilines is 2. The third-order valence-corrected chi connectivity index (χ3v) is 7.53. The fraction of sp³-hybridized carbons (Fsp3) is 0.290. The predicted molar refractivity (Wildman–Crippen MR) is 157 cm³/mol. The Morgan fingerprint density at radius 1 is 1.08 bits per heavy atom. The van der Waals surface area contributed by atoms with E-state index in [4.69, 9.17) is 10.8 Å². The van der Waals surface area contributed by atoms with Crippen molar-refractivity contribution in [2.75, 3.05) is 17.2 Å². The molecule has 202 valence electrons. The fourth-order valence-electron chi connectivity index (χ4n) is 5.35. The molecule has 0 amide bonds. The molecule has 3 aromatic carbocycles. The standard InChI is InChI=1S/C31H36N6O2/c1-19-11-13-25-26(15-19)30(4,5)36(34-29(25)22-9-8-10-23(32)16-22)18-20(2)37(31(6,38)39)24-12-14-27-28(17-24)35(7)21(3)33-27/h8-17,38-39H,2,18,32H2,1,3-7H3. The molecule has 8 heteroatoms. The first kappa shape index (κ1) is 26.5. The number of fused-ring (bicyclic) bond motifs is 2. The molecule has 0 aliphatic carbocycles. The number of aromatic nitrogens is 2. The molecule has 0 radical (unpaired) electrons. The van der Waals surface area contributed by atoms with Gasteiger partial charge in [0.2, 0.25) is 5.91 Å². The highest BCUT2D eigenvalue weighted by Crippen LogP contribution is 2.39. The van der Waals surface area contributed by atoms with Crippen molar-refractivity contribution in [1.82, 2.24) is 14.6 Å². The van der Waals surface area contributed by atoms with Gasteiger partial charge >= 0.3 is 0 Å². The van der Waals surface area contributed by atoms with Crippen LogP contribution in [-0.2, 0) is 12.6 Å². The normalized spacial score (nSPS) is 14.8. The van der Waals surface area contributed by atoms with Crippen molar-refractivity contribution in [1.29, 1.82) is 0 Å². The third-order valence-electron chi connectivity index (χ3n) is 7.53. The monoisotopic (exact) mass is 524 g/mol. The topological polar surface area (TPSA) is 103 Å². The highest BCUT2D eigenvalue weighted by Gasteiger charge is 2.38. The average Bonchev–Trinajstić information content (AvgIpc) is 3.13. The molecule has 4 N–H and O–H groups in total. The molecule has 0 spiro atoms. The van der Waals surface area contributed by atoms with Gasteiger partial charge in [-0.1, -0.05) is 42.5 Å². The number of hydrogen-bond acceptors (Lipinski definition) is 7. The number of nitrogens with zero attached hydrogens (tertiary/aromatic N) is 5. The highest BCUT2D eigenvalue weighted by atomic mass is 16.5. The number of benzene rings is 3. The summed E-state index contributed by atoms with van der Waals surface area (Å²) in [6.45, 7) is 14.1. The second kappa shape index (κ2) is 9.25. The van der Waals surface area contributed by atoms with Gasteiger partial charge in [0, 0.05) is 42.2 Å². The van der Waals surface area contributed by atoms with Crippen LogP contribution >= 0.6 is 0 Å². The molecule has 0 fully saturated rings. The Morgan fingerprint density at radius 2 is 1.82 bits per heavy atom. The molecule has 0 saturated heterocycles. The lowest BCUT2D eigenvalue weighted by Gasteiger charge is -2.44. The number of imidazole rings is 1. The minimum absolute atomic E-state index is 0.241. The molecule has 1 aliphatic heterocycles. The van der Waals surface area contributed by atoms with Crippen molar-refractivity contribution in [3.63, 3.8) is 0 Å². The molecule has 2 heterocycles. The highest BCUT2D eigenvalue weighted by molar-refractivity contribution is 6.14. The summed E-state index contributed by atoms with van der Waals surface area (Å²) in [6, 6.07) is 19.7. The van der Waals surface area contributed by atoms with E-state index in [1.165, 1.54) is 11.8 Å². The number of hydrogen-bond donors (Lipinski definition) is 3. The molecule has 4 aromatic rings. The molecular formula is C31H36N6O2. The van der Waals surface area contributed by atoms with Crippen LogP contribution in [0.15, 0.2) is 78.0 Å². The van der Waals surface area contributed by atoms with Crippen molar-refractivity contribution in [2.24, 2.45) is 12.1 Å². The van der Waals surface area contributed by atoms with Gasteiger partial charge in [-0.05, 0) is 63.6 Å². The maximum atomic E-state index is 10.9. The summed E-state index contributed by atoms with van der Waals surface area (Å²) in [6.07, 6.45) is 0. The van der Waals surface area contributed by atoms with Crippen LogP contribution < -0.4 is 10.6 Å². The summed E-state index contributed by atoms with van der Waals surface area (Å²) < 4.78 is 1.97. The first-order valence-corrected chi connectivity index (χ1v) is 13.0. The number of hydrazone groups is 1. The van der Waals surface area contributed by atoms with Crippen LogP contribution in [0.5, 0.6) is 0 Å². The van der Waals surface area contributed by atoms with Crippen molar-refractivity contribution >= 4 is 28.1 Å². The smallest absolute Gasteiger partial charge is 0.247 e. The quantitative estimate of drug-likeness (QED) is 0.248. The van der Waals surface area contributed by atoms with Crippen molar-refractivity contribution < 1.29 is 10.2 Å². The van der Waals surface area contributed by atoms with Gasteiger partial charge in [-0.2, -0.15) is 5.10 Å². The van der Waals surface area contributed by atoms with Gasteiger partial charge in [-0.25, -0.2) is 4.98 Å². The second-order valence-corrected chi connectivity index (χ2v) is 11.0. The maximum absolute atomic E-state index is 10.9. The summed E-state index contributed by atoms with van der Waals surface area (Å²) in [5.74, 6) is -1.33. The lowest BCUT2D eigenvalue weighted by atomic mass is 9.83. The molecular weight excluding hydrogens is 488 g/mol. The SMILES string of the molecule is C=C(CN1N=C(c2cccc(N)c2)c2ccc(C)cc2C1(C)C)N(c1ccc2nc(C)n(C)c2c1)C(C)(O)O. The van der Waals surface area contributed by atoms with Gasteiger partial charge in [0.05, 0.1) is 28.8 Å². The second-order valence-electron chi connectivity index (χ2n) is 11.0. The van der Waals surface area contributed by atoms with Crippen LogP contribution in [0.1, 0.15) is 48.8 Å². The Bertz CT molecular complexity index is 1630. The molecule has 0 bridgehead atoms. The van der Waals surface area contributed by atoms with E-state index in [1.54, 1.807) is 0 Å². The zero-order valence-corrected chi connectivity index (χ0v) is 23.4. The fourth-order valence-corrected chi connectivity index (χ4v) is 5.35. The van der Waals surface area contributed by atoms with Gasteiger partial charge in [-0.15, -0.1) is 0 Å². The Balaban J connectivity index is 1.59. The predicted octanol–water partition coefficient (Wildman–Crippen LogP) is 4.75. The lowest BCUT2D eigenvalue weighted by Crippen LogP contribution is -2.50.